The van der Waals surface area contributed by atoms with Crippen LogP contribution in [0.15, 0.2) is 0 Å². The molecule has 0 radical (unpaired) electrons. The van der Waals surface area contributed by atoms with Gasteiger partial charge in [0.25, 0.3) is 10.1 Å². The van der Waals surface area contributed by atoms with Crippen molar-refractivity contribution in [2.45, 2.75) is 13.3 Å². The highest BCUT2D eigenvalue weighted by Gasteiger charge is 2.35. The summed E-state index contributed by atoms with van der Waals surface area (Å²) < 4.78 is 49.0. The second-order valence-electron chi connectivity index (χ2n) is 4.03. The maximum atomic E-state index is 11.1. The summed E-state index contributed by atoms with van der Waals surface area (Å²) in [6.45, 7) is 1.98. The van der Waals surface area contributed by atoms with E-state index in [1.165, 1.54) is 6.26 Å². The summed E-state index contributed by atoms with van der Waals surface area (Å²) in [7, 11) is -6.46. The van der Waals surface area contributed by atoms with Crippen LogP contribution >= 0.6 is 0 Å². The average molecular weight is 256 g/mol. The van der Waals surface area contributed by atoms with Crippen molar-refractivity contribution in [1.82, 2.24) is 0 Å². The molecule has 1 fully saturated rings. The normalized spacial score (nSPS) is 27.7. The highest BCUT2D eigenvalue weighted by Crippen LogP contribution is 2.26. The zero-order valence-electron chi connectivity index (χ0n) is 8.84. The Bertz CT molecular complexity index is 408. The number of sulfone groups is 1. The SMILES string of the molecule is CCC(CS(C)(=O)=O)C1COS(=O)(=O)C1. The highest BCUT2D eigenvalue weighted by atomic mass is 32.2. The lowest BCUT2D eigenvalue weighted by Crippen LogP contribution is -2.25. The lowest BCUT2D eigenvalue weighted by molar-refractivity contribution is 0.265. The summed E-state index contributed by atoms with van der Waals surface area (Å²) in [5.41, 5.74) is 0. The van der Waals surface area contributed by atoms with E-state index in [1.807, 2.05) is 6.92 Å². The Morgan fingerprint density at radius 1 is 1.47 bits per heavy atom. The van der Waals surface area contributed by atoms with Gasteiger partial charge in [-0.25, -0.2) is 8.42 Å². The van der Waals surface area contributed by atoms with Crippen molar-refractivity contribution in [3.05, 3.63) is 0 Å². The van der Waals surface area contributed by atoms with Crippen molar-refractivity contribution in [3.63, 3.8) is 0 Å². The molecule has 90 valence electrons. The van der Waals surface area contributed by atoms with Crippen LogP contribution < -0.4 is 0 Å². The van der Waals surface area contributed by atoms with Gasteiger partial charge in [0.15, 0.2) is 0 Å². The molecule has 1 aliphatic heterocycles. The van der Waals surface area contributed by atoms with E-state index in [9.17, 15) is 16.8 Å². The van der Waals surface area contributed by atoms with E-state index in [0.717, 1.165) is 0 Å². The molecule has 0 aromatic rings. The van der Waals surface area contributed by atoms with E-state index >= 15 is 0 Å². The fourth-order valence-electron chi connectivity index (χ4n) is 1.80. The molecule has 7 heteroatoms. The molecule has 0 aliphatic carbocycles. The first kappa shape index (κ1) is 12.9. The monoisotopic (exact) mass is 256 g/mol. The minimum atomic E-state index is -3.40. The molecule has 1 aliphatic rings. The summed E-state index contributed by atoms with van der Waals surface area (Å²) in [6, 6.07) is 0. The molecule has 15 heavy (non-hydrogen) atoms. The summed E-state index contributed by atoms with van der Waals surface area (Å²) in [6.07, 6.45) is 1.82. The molecule has 1 rings (SSSR count). The van der Waals surface area contributed by atoms with E-state index < -0.39 is 20.0 Å². The first-order chi connectivity index (χ1) is 6.73. The lowest BCUT2D eigenvalue weighted by atomic mass is 9.94. The first-order valence-electron chi connectivity index (χ1n) is 4.78. The number of hydrogen-bond acceptors (Lipinski definition) is 5. The largest absolute Gasteiger partial charge is 0.270 e. The van der Waals surface area contributed by atoms with Crippen LogP contribution in [0.3, 0.4) is 0 Å². The van der Waals surface area contributed by atoms with Gasteiger partial charge in [-0.05, 0) is 5.92 Å². The van der Waals surface area contributed by atoms with Crippen LogP contribution in [0.4, 0.5) is 0 Å². The van der Waals surface area contributed by atoms with Crippen LogP contribution in [0.25, 0.3) is 0 Å². The quantitative estimate of drug-likeness (QED) is 0.663. The Morgan fingerprint density at radius 2 is 2.07 bits per heavy atom. The molecular weight excluding hydrogens is 240 g/mol. The van der Waals surface area contributed by atoms with Gasteiger partial charge < -0.3 is 0 Å². The van der Waals surface area contributed by atoms with Gasteiger partial charge in [0.05, 0.1) is 18.1 Å². The maximum absolute atomic E-state index is 11.1. The summed E-state index contributed by atoms with van der Waals surface area (Å²) in [5, 5.41) is 0. The van der Waals surface area contributed by atoms with Gasteiger partial charge in [-0.15, -0.1) is 0 Å². The van der Waals surface area contributed by atoms with Crippen LogP contribution in [0.5, 0.6) is 0 Å². The van der Waals surface area contributed by atoms with Crippen LogP contribution in [-0.2, 0) is 24.1 Å². The van der Waals surface area contributed by atoms with E-state index in [-0.39, 0.29) is 29.9 Å². The van der Waals surface area contributed by atoms with Crippen molar-refractivity contribution in [3.8, 4) is 0 Å². The van der Waals surface area contributed by atoms with Crippen molar-refractivity contribution >= 4 is 20.0 Å². The molecule has 1 heterocycles. The Kier molecular flexibility index (Phi) is 3.78. The standard InChI is InChI=1S/C8H16O5S2/c1-3-7(5-14(2,9)10)8-4-13-15(11,12)6-8/h7-8H,3-6H2,1-2H3. The molecule has 2 atom stereocenters. The Hall–Kier alpha value is -0.140. The van der Waals surface area contributed by atoms with E-state index in [0.29, 0.717) is 6.42 Å². The van der Waals surface area contributed by atoms with Gasteiger partial charge >= 0.3 is 0 Å². The molecule has 0 N–H and O–H groups in total. The number of hydrogen-bond donors (Lipinski definition) is 0. The topological polar surface area (TPSA) is 77.5 Å². The van der Waals surface area contributed by atoms with E-state index in [2.05, 4.69) is 4.18 Å². The summed E-state index contributed by atoms with van der Waals surface area (Å²) in [4.78, 5) is 0. The Labute approximate surface area is 90.9 Å². The minimum absolute atomic E-state index is 0.0348. The molecule has 0 bridgehead atoms. The van der Waals surface area contributed by atoms with Gasteiger partial charge in [-0.2, -0.15) is 8.42 Å². The fraction of sp³-hybridized carbons (Fsp3) is 1.00. The van der Waals surface area contributed by atoms with Crippen molar-refractivity contribution in [2.75, 3.05) is 24.4 Å². The first-order valence-corrected chi connectivity index (χ1v) is 8.42. The Balaban J connectivity index is 2.70. The molecule has 1 saturated heterocycles. The van der Waals surface area contributed by atoms with E-state index in [1.54, 1.807) is 0 Å². The third-order valence-electron chi connectivity index (χ3n) is 2.59. The predicted octanol–water partition coefficient (Wildman–Crippen LogP) is 0.0334. The molecule has 0 spiro atoms. The zero-order valence-corrected chi connectivity index (χ0v) is 10.5. The fourth-order valence-corrected chi connectivity index (χ4v) is 4.45. The molecular formula is C8H16O5S2. The minimum Gasteiger partial charge on any atom is -0.270 e. The molecule has 0 saturated carbocycles. The maximum Gasteiger partial charge on any atom is 0.267 e. The molecule has 0 amide bonds. The van der Waals surface area contributed by atoms with Gasteiger partial charge in [-0.3, -0.25) is 4.18 Å². The molecule has 0 aromatic carbocycles. The van der Waals surface area contributed by atoms with Gasteiger partial charge in [0, 0.05) is 12.2 Å². The van der Waals surface area contributed by atoms with Gasteiger partial charge in [0.2, 0.25) is 0 Å². The molecule has 2 unspecified atom stereocenters. The summed E-state index contributed by atoms with van der Waals surface area (Å²) >= 11 is 0. The molecule has 0 aromatic heterocycles. The zero-order chi connectivity index (χ0) is 11.7. The van der Waals surface area contributed by atoms with Crippen LogP contribution in [0.1, 0.15) is 13.3 Å². The lowest BCUT2D eigenvalue weighted by Gasteiger charge is -2.18. The predicted molar refractivity (Wildman–Crippen MR) is 56.7 cm³/mol. The number of rotatable bonds is 4. The smallest absolute Gasteiger partial charge is 0.267 e. The Morgan fingerprint density at radius 3 is 2.40 bits per heavy atom. The third kappa shape index (κ3) is 4.08. The van der Waals surface area contributed by atoms with E-state index in [4.69, 9.17) is 0 Å². The second-order valence-corrected chi connectivity index (χ2v) is 7.90. The van der Waals surface area contributed by atoms with Crippen molar-refractivity contribution in [2.24, 2.45) is 11.8 Å². The van der Waals surface area contributed by atoms with Crippen LogP contribution in [0.2, 0.25) is 0 Å². The second kappa shape index (κ2) is 4.39. The highest BCUT2D eigenvalue weighted by molar-refractivity contribution is 7.90. The van der Waals surface area contributed by atoms with Gasteiger partial charge in [-0.1, -0.05) is 13.3 Å². The third-order valence-corrected chi connectivity index (χ3v) is 4.95. The summed E-state index contributed by atoms with van der Waals surface area (Å²) in [5.74, 6) is -0.333. The average Bonchev–Trinajstić information content (AvgIpc) is 2.40. The van der Waals surface area contributed by atoms with Gasteiger partial charge in [0.1, 0.15) is 9.84 Å². The van der Waals surface area contributed by atoms with Crippen LogP contribution in [-0.4, -0.2) is 41.2 Å². The van der Waals surface area contributed by atoms with Crippen molar-refractivity contribution < 1.29 is 21.0 Å². The molecule has 5 nitrogen and oxygen atoms in total. The van der Waals surface area contributed by atoms with Crippen LogP contribution in [0, 0.1) is 11.8 Å². The van der Waals surface area contributed by atoms with Crippen molar-refractivity contribution in [1.29, 1.82) is 0 Å².